The van der Waals surface area contributed by atoms with Crippen molar-refractivity contribution >= 4 is 0 Å². The van der Waals surface area contributed by atoms with E-state index in [-0.39, 0.29) is 0 Å². The minimum Gasteiger partial charge on any atom is -0.312 e. The molecule has 1 aliphatic rings. The highest BCUT2D eigenvalue weighted by atomic mass is 15.3. The van der Waals surface area contributed by atoms with Gasteiger partial charge in [-0.15, -0.1) is 6.58 Å². The van der Waals surface area contributed by atoms with Crippen LogP contribution in [0.15, 0.2) is 12.7 Å². The second kappa shape index (κ2) is 6.98. The van der Waals surface area contributed by atoms with Crippen LogP contribution in [0, 0.1) is 0 Å². The van der Waals surface area contributed by atoms with Gasteiger partial charge in [-0.3, -0.25) is 4.90 Å². The summed E-state index contributed by atoms with van der Waals surface area (Å²) in [5.41, 5.74) is 0. The van der Waals surface area contributed by atoms with E-state index in [0.717, 1.165) is 13.1 Å². The van der Waals surface area contributed by atoms with Crippen LogP contribution in [0.5, 0.6) is 0 Å². The topological polar surface area (TPSA) is 18.5 Å². The molecule has 0 aromatic heterocycles. The van der Waals surface area contributed by atoms with E-state index >= 15 is 0 Å². The number of rotatable bonds is 6. The van der Waals surface area contributed by atoms with Crippen molar-refractivity contribution < 1.29 is 0 Å². The van der Waals surface area contributed by atoms with Crippen molar-refractivity contribution in [3.63, 3.8) is 0 Å². The van der Waals surface area contributed by atoms with E-state index in [1.807, 2.05) is 6.08 Å². The molecule has 3 nitrogen and oxygen atoms in total. The van der Waals surface area contributed by atoms with E-state index in [1.54, 1.807) is 0 Å². The number of likely N-dealkylation sites (N-methyl/N-ethyl adjacent to an activating group) is 1. The van der Waals surface area contributed by atoms with Gasteiger partial charge in [0.2, 0.25) is 0 Å². The Morgan fingerprint density at radius 1 is 1.21 bits per heavy atom. The molecule has 0 saturated carbocycles. The Kier molecular flexibility index (Phi) is 5.83. The maximum Gasteiger partial charge on any atom is 0.0132 e. The Morgan fingerprint density at radius 3 is 2.43 bits per heavy atom. The van der Waals surface area contributed by atoms with Crippen molar-refractivity contribution in [1.82, 2.24) is 15.1 Å². The van der Waals surface area contributed by atoms with Gasteiger partial charge in [0.1, 0.15) is 0 Å². The van der Waals surface area contributed by atoms with Gasteiger partial charge in [0.25, 0.3) is 0 Å². The fourth-order valence-electron chi connectivity index (χ4n) is 1.77. The molecule has 0 aliphatic carbocycles. The van der Waals surface area contributed by atoms with Crippen LogP contribution < -0.4 is 5.32 Å². The molecule has 1 N–H and O–H groups in total. The average molecular weight is 197 g/mol. The van der Waals surface area contributed by atoms with Crippen molar-refractivity contribution in [2.24, 2.45) is 0 Å². The first-order chi connectivity index (χ1) is 6.86. The van der Waals surface area contributed by atoms with Crippen LogP contribution in [0.4, 0.5) is 0 Å². The lowest BCUT2D eigenvalue weighted by Crippen LogP contribution is -2.47. The summed E-state index contributed by atoms with van der Waals surface area (Å²) in [6.45, 7) is 15.2. The molecule has 0 amide bonds. The number of hydrogen-bond donors (Lipinski definition) is 1. The van der Waals surface area contributed by atoms with Gasteiger partial charge >= 0.3 is 0 Å². The molecule has 14 heavy (non-hydrogen) atoms. The van der Waals surface area contributed by atoms with Gasteiger partial charge in [0, 0.05) is 45.8 Å². The average Bonchev–Trinajstić information content (AvgIpc) is 2.25. The molecule has 1 aliphatic heterocycles. The van der Waals surface area contributed by atoms with E-state index < -0.39 is 0 Å². The van der Waals surface area contributed by atoms with Gasteiger partial charge in [0.15, 0.2) is 0 Å². The third kappa shape index (κ3) is 4.22. The molecular formula is C11H23N3. The maximum atomic E-state index is 3.68. The number of hydrogen-bond acceptors (Lipinski definition) is 3. The first-order valence-electron chi connectivity index (χ1n) is 5.63. The molecule has 0 unspecified atom stereocenters. The Labute approximate surface area is 87.8 Å². The fraction of sp³-hybridized carbons (Fsp3) is 0.818. The van der Waals surface area contributed by atoms with Crippen LogP contribution in [0.25, 0.3) is 0 Å². The van der Waals surface area contributed by atoms with Gasteiger partial charge in [-0.25, -0.2) is 0 Å². The second-order valence-electron chi connectivity index (χ2n) is 3.77. The lowest BCUT2D eigenvalue weighted by Gasteiger charge is -2.33. The third-order valence-corrected chi connectivity index (χ3v) is 2.81. The largest absolute Gasteiger partial charge is 0.312 e. The van der Waals surface area contributed by atoms with E-state index in [0.29, 0.717) is 0 Å². The first-order valence-corrected chi connectivity index (χ1v) is 5.63. The van der Waals surface area contributed by atoms with E-state index in [9.17, 15) is 0 Å². The Bertz CT molecular complexity index is 151. The van der Waals surface area contributed by atoms with Crippen molar-refractivity contribution in [3.8, 4) is 0 Å². The van der Waals surface area contributed by atoms with Crippen LogP contribution in [-0.4, -0.2) is 62.2 Å². The monoisotopic (exact) mass is 197 g/mol. The van der Waals surface area contributed by atoms with E-state index in [2.05, 4.69) is 28.6 Å². The van der Waals surface area contributed by atoms with Crippen molar-refractivity contribution in [2.45, 2.75) is 6.92 Å². The number of nitrogens with one attached hydrogen (secondary N) is 1. The number of piperazine rings is 1. The summed E-state index contributed by atoms with van der Waals surface area (Å²) in [4.78, 5) is 5.04. The van der Waals surface area contributed by atoms with Crippen LogP contribution in [0.3, 0.4) is 0 Å². The lowest BCUT2D eigenvalue weighted by molar-refractivity contribution is 0.138. The Morgan fingerprint density at radius 2 is 1.86 bits per heavy atom. The highest BCUT2D eigenvalue weighted by Crippen LogP contribution is 1.99. The summed E-state index contributed by atoms with van der Waals surface area (Å²) >= 11 is 0. The zero-order chi connectivity index (χ0) is 10.2. The van der Waals surface area contributed by atoms with Crippen LogP contribution in [0.1, 0.15) is 6.92 Å². The summed E-state index contributed by atoms with van der Waals surface area (Å²) in [6, 6.07) is 0. The zero-order valence-electron chi connectivity index (χ0n) is 9.34. The molecule has 0 aromatic carbocycles. The molecule has 0 radical (unpaired) electrons. The third-order valence-electron chi connectivity index (χ3n) is 2.81. The van der Waals surface area contributed by atoms with Crippen LogP contribution >= 0.6 is 0 Å². The molecule has 0 atom stereocenters. The molecule has 0 aromatic rings. The smallest absolute Gasteiger partial charge is 0.0132 e. The molecule has 3 heteroatoms. The Hall–Kier alpha value is -0.380. The minimum absolute atomic E-state index is 0.926. The molecule has 1 heterocycles. The summed E-state index contributed by atoms with van der Waals surface area (Å²) < 4.78 is 0. The highest BCUT2D eigenvalue weighted by molar-refractivity contribution is 4.73. The van der Waals surface area contributed by atoms with Crippen LogP contribution in [-0.2, 0) is 0 Å². The van der Waals surface area contributed by atoms with E-state index in [4.69, 9.17) is 0 Å². The van der Waals surface area contributed by atoms with Gasteiger partial charge in [-0.1, -0.05) is 13.0 Å². The molecule has 82 valence electrons. The Balaban J connectivity index is 2.01. The minimum atomic E-state index is 0.926. The lowest BCUT2D eigenvalue weighted by atomic mass is 10.3. The van der Waals surface area contributed by atoms with Gasteiger partial charge in [-0.2, -0.15) is 0 Å². The SMILES string of the molecule is C=CCNCCN1CCN(CC)CC1. The highest BCUT2D eigenvalue weighted by Gasteiger charge is 2.14. The zero-order valence-corrected chi connectivity index (χ0v) is 9.34. The van der Waals surface area contributed by atoms with Crippen molar-refractivity contribution in [3.05, 3.63) is 12.7 Å². The summed E-state index contributed by atoms with van der Waals surface area (Å²) in [5.74, 6) is 0. The number of nitrogens with zero attached hydrogens (tertiary/aromatic N) is 2. The molecule has 1 rings (SSSR count). The van der Waals surface area contributed by atoms with Gasteiger partial charge < -0.3 is 10.2 Å². The predicted molar refractivity (Wildman–Crippen MR) is 61.6 cm³/mol. The maximum absolute atomic E-state index is 3.68. The quantitative estimate of drug-likeness (QED) is 0.491. The van der Waals surface area contributed by atoms with Crippen molar-refractivity contribution in [2.75, 3.05) is 52.4 Å². The predicted octanol–water partition coefficient (Wildman–Crippen LogP) is 0.400. The van der Waals surface area contributed by atoms with Gasteiger partial charge in [0.05, 0.1) is 0 Å². The molecule has 1 fully saturated rings. The molecule has 1 saturated heterocycles. The van der Waals surface area contributed by atoms with E-state index in [1.165, 1.54) is 39.3 Å². The van der Waals surface area contributed by atoms with Crippen LogP contribution in [0.2, 0.25) is 0 Å². The molecule has 0 bridgehead atoms. The fourth-order valence-corrected chi connectivity index (χ4v) is 1.77. The van der Waals surface area contributed by atoms with Gasteiger partial charge in [-0.05, 0) is 6.54 Å². The standard InChI is InChI=1S/C11H23N3/c1-3-5-12-6-7-14-10-8-13(4-2)9-11-14/h3,12H,1,4-11H2,2H3. The molecule has 0 spiro atoms. The first kappa shape index (κ1) is 11.7. The summed E-state index contributed by atoms with van der Waals surface area (Å²) in [5, 5.41) is 3.33. The second-order valence-corrected chi connectivity index (χ2v) is 3.77. The van der Waals surface area contributed by atoms with Crippen molar-refractivity contribution in [1.29, 1.82) is 0 Å². The normalized spacial score (nSPS) is 19.8. The molecular weight excluding hydrogens is 174 g/mol. The summed E-state index contributed by atoms with van der Waals surface area (Å²) in [7, 11) is 0. The summed E-state index contributed by atoms with van der Waals surface area (Å²) in [6.07, 6.45) is 1.91.